The average molecular weight is 209 g/mol. The van der Waals surface area contributed by atoms with Gasteiger partial charge in [0.05, 0.1) is 11.0 Å². The molecule has 0 aliphatic rings. The molecule has 15 heavy (non-hydrogen) atoms. The number of nitro groups is 1. The number of ether oxygens (including phenoxy) is 1. The maximum absolute atomic E-state index is 10.6. The lowest BCUT2D eigenvalue weighted by Gasteiger charge is -2.07. The van der Waals surface area contributed by atoms with E-state index in [0.29, 0.717) is 17.6 Å². The van der Waals surface area contributed by atoms with Crippen LogP contribution in [-0.4, -0.2) is 17.8 Å². The van der Waals surface area contributed by atoms with Gasteiger partial charge in [0.25, 0.3) is 5.69 Å². The fourth-order valence-electron chi connectivity index (χ4n) is 1.30. The Morgan fingerprint density at radius 3 is 2.60 bits per heavy atom. The van der Waals surface area contributed by atoms with E-state index in [2.05, 4.69) is 0 Å². The lowest BCUT2D eigenvalue weighted by molar-refractivity contribution is -0.385. The topological polar surface area (TPSA) is 69.4 Å². The molecule has 0 radical (unpaired) electrons. The van der Waals surface area contributed by atoms with Crippen LogP contribution in [0, 0.1) is 24.0 Å². The first kappa shape index (κ1) is 11.2. The van der Waals surface area contributed by atoms with Gasteiger partial charge < -0.3 is 4.74 Å². The number of benzene rings is 1. The molecule has 0 spiro atoms. The van der Waals surface area contributed by atoms with Gasteiger partial charge in [-0.05, 0) is 25.5 Å². The third-order valence-electron chi connectivity index (χ3n) is 2.00. The van der Waals surface area contributed by atoms with Gasteiger partial charge in [-0.3, -0.25) is 14.9 Å². The number of carbonyl (C=O) groups is 1. The predicted molar refractivity (Wildman–Crippen MR) is 54.1 cm³/mol. The average Bonchev–Trinajstić information content (AvgIpc) is 2.16. The molecule has 0 unspecified atom stereocenters. The minimum Gasteiger partial charge on any atom is -0.486 e. The van der Waals surface area contributed by atoms with E-state index in [9.17, 15) is 14.9 Å². The first-order valence-electron chi connectivity index (χ1n) is 4.38. The molecule has 0 aromatic heterocycles. The Hall–Kier alpha value is -1.91. The first-order chi connectivity index (χ1) is 7.06. The van der Waals surface area contributed by atoms with Crippen LogP contribution in [0.25, 0.3) is 0 Å². The summed E-state index contributed by atoms with van der Waals surface area (Å²) in [5.41, 5.74) is 1.36. The summed E-state index contributed by atoms with van der Waals surface area (Å²) in [5, 5.41) is 10.6. The van der Waals surface area contributed by atoms with Crippen LogP contribution in [0.3, 0.4) is 0 Å². The number of nitro benzene ring substituents is 1. The molecular weight excluding hydrogens is 198 g/mol. The molecule has 0 aliphatic heterocycles. The highest BCUT2D eigenvalue weighted by molar-refractivity contribution is 5.54. The molecule has 1 rings (SSSR count). The summed E-state index contributed by atoms with van der Waals surface area (Å²) in [7, 11) is 0. The SMILES string of the molecule is Cc1cc(C)c([N+](=O)[O-])cc1OCC=O. The zero-order valence-corrected chi connectivity index (χ0v) is 8.52. The number of aryl methyl sites for hydroxylation is 2. The van der Waals surface area contributed by atoms with Gasteiger partial charge in [-0.2, -0.15) is 0 Å². The van der Waals surface area contributed by atoms with E-state index < -0.39 is 4.92 Å². The van der Waals surface area contributed by atoms with Gasteiger partial charge in [-0.15, -0.1) is 0 Å². The van der Waals surface area contributed by atoms with E-state index in [0.717, 1.165) is 5.56 Å². The Labute approximate surface area is 86.8 Å². The first-order valence-corrected chi connectivity index (χ1v) is 4.38. The number of rotatable bonds is 4. The van der Waals surface area contributed by atoms with Crippen molar-refractivity contribution in [1.29, 1.82) is 0 Å². The van der Waals surface area contributed by atoms with Crippen LogP contribution in [0.2, 0.25) is 0 Å². The van der Waals surface area contributed by atoms with Gasteiger partial charge in [0.2, 0.25) is 0 Å². The zero-order valence-electron chi connectivity index (χ0n) is 8.52. The smallest absolute Gasteiger partial charge is 0.276 e. The highest BCUT2D eigenvalue weighted by Crippen LogP contribution is 2.27. The summed E-state index contributed by atoms with van der Waals surface area (Å²) >= 11 is 0. The summed E-state index contributed by atoms with van der Waals surface area (Å²) in [5.74, 6) is 0.374. The van der Waals surface area contributed by atoms with Crippen molar-refractivity contribution in [2.75, 3.05) is 6.61 Å². The van der Waals surface area contributed by atoms with Crippen molar-refractivity contribution in [1.82, 2.24) is 0 Å². The van der Waals surface area contributed by atoms with E-state index in [1.165, 1.54) is 6.07 Å². The second-order valence-corrected chi connectivity index (χ2v) is 3.14. The molecule has 0 saturated heterocycles. The quantitative estimate of drug-likeness (QED) is 0.430. The fourth-order valence-corrected chi connectivity index (χ4v) is 1.30. The molecular formula is C10H11NO4. The Balaban J connectivity index is 3.11. The lowest BCUT2D eigenvalue weighted by Crippen LogP contribution is -2.01. The fraction of sp³-hybridized carbons (Fsp3) is 0.300. The second-order valence-electron chi connectivity index (χ2n) is 3.14. The van der Waals surface area contributed by atoms with Gasteiger partial charge in [-0.25, -0.2) is 0 Å². The standard InChI is InChI=1S/C10H11NO4/c1-7-5-8(2)10(15-4-3-12)6-9(7)11(13)14/h3,5-6H,4H2,1-2H3. The summed E-state index contributed by atoms with van der Waals surface area (Å²) in [6.45, 7) is 3.34. The molecule has 0 N–H and O–H groups in total. The van der Waals surface area contributed by atoms with Gasteiger partial charge in [-0.1, -0.05) is 0 Å². The van der Waals surface area contributed by atoms with Crippen molar-refractivity contribution in [3.05, 3.63) is 33.4 Å². The summed E-state index contributed by atoms with van der Waals surface area (Å²) < 4.78 is 5.06. The molecule has 5 heteroatoms. The minimum atomic E-state index is -0.470. The second kappa shape index (κ2) is 4.54. The Morgan fingerprint density at radius 1 is 1.40 bits per heavy atom. The molecule has 0 bridgehead atoms. The number of aldehydes is 1. The molecule has 5 nitrogen and oxygen atoms in total. The van der Waals surface area contributed by atoms with Crippen molar-refractivity contribution < 1.29 is 14.5 Å². The van der Waals surface area contributed by atoms with Crippen LogP contribution in [0.15, 0.2) is 12.1 Å². The zero-order chi connectivity index (χ0) is 11.4. The van der Waals surface area contributed by atoms with Gasteiger partial charge >= 0.3 is 0 Å². The van der Waals surface area contributed by atoms with Gasteiger partial charge in [0, 0.05) is 5.56 Å². The van der Waals surface area contributed by atoms with Crippen molar-refractivity contribution in [3.63, 3.8) is 0 Å². The lowest BCUT2D eigenvalue weighted by atomic mass is 10.1. The monoisotopic (exact) mass is 209 g/mol. The van der Waals surface area contributed by atoms with Crippen LogP contribution >= 0.6 is 0 Å². The molecule has 80 valence electrons. The van der Waals surface area contributed by atoms with Crippen LogP contribution in [0.4, 0.5) is 5.69 Å². The Morgan fingerprint density at radius 2 is 2.07 bits per heavy atom. The summed E-state index contributed by atoms with van der Waals surface area (Å²) in [6, 6.07) is 3.01. The molecule has 0 fully saturated rings. The van der Waals surface area contributed by atoms with Crippen LogP contribution in [0.1, 0.15) is 11.1 Å². The molecule has 1 aromatic carbocycles. The highest BCUT2D eigenvalue weighted by Gasteiger charge is 2.14. The molecule has 0 aliphatic carbocycles. The maximum atomic E-state index is 10.6. The van der Waals surface area contributed by atoms with Crippen LogP contribution in [-0.2, 0) is 4.79 Å². The predicted octanol–water partition coefficient (Wildman–Crippen LogP) is 1.79. The summed E-state index contributed by atoms with van der Waals surface area (Å²) in [6.07, 6.45) is 0.602. The largest absolute Gasteiger partial charge is 0.486 e. The minimum absolute atomic E-state index is 0.00139. The van der Waals surface area contributed by atoms with Crippen LogP contribution in [0.5, 0.6) is 5.75 Å². The Kier molecular flexibility index (Phi) is 3.38. The van der Waals surface area contributed by atoms with Crippen LogP contribution < -0.4 is 4.74 Å². The van der Waals surface area contributed by atoms with E-state index >= 15 is 0 Å². The van der Waals surface area contributed by atoms with Gasteiger partial charge in [0.1, 0.15) is 12.4 Å². The highest BCUT2D eigenvalue weighted by atomic mass is 16.6. The van der Waals surface area contributed by atoms with Crippen molar-refractivity contribution in [2.24, 2.45) is 0 Å². The molecule has 1 aromatic rings. The number of hydrogen-bond acceptors (Lipinski definition) is 4. The third-order valence-corrected chi connectivity index (χ3v) is 2.00. The van der Waals surface area contributed by atoms with E-state index in [-0.39, 0.29) is 12.3 Å². The normalized spacial score (nSPS) is 9.73. The van der Waals surface area contributed by atoms with E-state index in [4.69, 9.17) is 4.74 Å². The van der Waals surface area contributed by atoms with Crippen molar-refractivity contribution in [3.8, 4) is 5.75 Å². The van der Waals surface area contributed by atoms with E-state index in [1.54, 1.807) is 19.9 Å². The van der Waals surface area contributed by atoms with Crippen molar-refractivity contribution >= 4 is 12.0 Å². The van der Waals surface area contributed by atoms with E-state index in [1.807, 2.05) is 0 Å². The molecule has 0 amide bonds. The number of nitrogens with zero attached hydrogens (tertiary/aromatic N) is 1. The number of carbonyl (C=O) groups excluding carboxylic acids is 1. The Bertz CT molecular complexity index is 401. The third kappa shape index (κ3) is 2.52. The maximum Gasteiger partial charge on any atom is 0.276 e. The van der Waals surface area contributed by atoms with Crippen molar-refractivity contribution in [2.45, 2.75) is 13.8 Å². The molecule has 0 heterocycles. The van der Waals surface area contributed by atoms with Gasteiger partial charge in [0.15, 0.2) is 6.29 Å². The number of hydrogen-bond donors (Lipinski definition) is 0. The summed E-state index contributed by atoms with van der Waals surface area (Å²) in [4.78, 5) is 20.3. The molecule has 0 saturated carbocycles. The molecule has 0 atom stereocenters.